The summed E-state index contributed by atoms with van der Waals surface area (Å²) in [7, 11) is 0. The molecule has 0 aliphatic heterocycles. The minimum atomic E-state index is 0. The van der Waals surface area contributed by atoms with Gasteiger partial charge in [0.15, 0.2) is 0 Å². The first kappa shape index (κ1) is 40.1. The Balaban J connectivity index is -0.0000000960. The van der Waals surface area contributed by atoms with Gasteiger partial charge in [-0.15, -0.1) is 0 Å². The molecule has 2 N–H and O–H groups in total. The standard InChI is InChI=1S/3C9H19.H2O.Ti/c3*1-3-5-7-9-8-6-4-2;;/h3*1,3-9H2,2H3;1H2;/q3*-1;;+3. The molecule has 0 aromatic heterocycles. The van der Waals surface area contributed by atoms with Crippen LogP contribution in [0.3, 0.4) is 0 Å². The summed E-state index contributed by atoms with van der Waals surface area (Å²) in [6, 6.07) is 0. The maximum atomic E-state index is 3.80. The van der Waals surface area contributed by atoms with E-state index in [0.29, 0.717) is 0 Å². The van der Waals surface area contributed by atoms with Gasteiger partial charge in [-0.1, -0.05) is 136 Å². The van der Waals surface area contributed by atoms with E-state index in [-0.39, 0.29) is 27.2 Å². The molecule has 0 spiro atoms. The second kappa shape index (κ2) is 46.7. The molecule has 29 heavy (non-hydrogen) atoms. The smallest absolute Gasteiger partial charge is 0.412 e. The molecule has 0 aromatic carbocycles. The monoisotopic (exact) mass is 447 g/mol. The third-order valence-corrected chi connectivity index (χ3v) is 4.81. The number of hydrogen-bond donors (Lipinski definition) is 0. The van der Waals surface area contributed by atoms with Crippen LogP contribution in [0, 0.1) is 20.8 Å². The molecule has 0 amide bonds. The van der Waals surface area contributed by atoms with Crippen molar-refractivity contribution in [3.05, 3.63) is 20.8 Å². The van der Waals surface area contributed by atoms with Crippen LogP contribution in [0.25, 0.3) is 0 Å². The predicted octanol–water partition coefficient (Wildman–Crippen LogP) is 9.89. The Labute approximate surface area is 203 Å². The summed E-state index contributed by atoms with van der Waals surface area (Å²) in [5.41, 5.74) is 0. The molecule has 1 radical (unpaired) electrons. The molecule has 0 fully saturated rings. The number of rotatable bonds is 18. The van der Waals surface area contributed by atoms with E-state index in [2.05, 4.69) is 41.5 Å². The van der Waals surface area contributed by atoms with E-state index in [9.17, 15) is 0 Å². The Morgan fingerprint density at radius 3 is 0.690 bits per heavy atom. The first-order valence-corrected chi connectivity index (χ1v) is 12.6. The molecule has 2 heteroatoms. The maximum absolute atomic E-state index is 3.80. The van der Waals surface area contributed by atoms with E-state index in [1.807, 2.05) is 0 Å². The van der Waals surface area contributed by atoms with E-state index >= 15 is 0 Å². The molecular formula is C27H59OTi. The molecule has 177 valence electrons. The second-order valence-electron chi connectivity index (χ2n) is 7.86. The van der Waals surface area contributed by atoms with Crippen molar-refractivity contribution in [2.24, 2.45) is 0 Å². The molecule has 0 aliphatic rings. The van der Waals surface area contributed by atoms with Gasteiger partial charge in [0, 0.05) is 0 Å². The van der Waals surface area contributed by atoms with E-state index in [1.54, 1.807) is 0 Å². The average molecular weight is 448 g/mol. The Morgan fingerprint density at radius 2 is 0.517 bits per heavy atom. The van der Waals surface area contributed by atoms with E-state index in [1.165, 1.54) is 116 Å². The zero-order valence-electron chi connectivity index (χ0n) is 21.0. The van der Waals surface area contributed by atoms with Crippen LogP contribution >= 0.6 is 0 Å². The summed E-state index contributed by atoms with van der Waals surface area (Å²) in [6.45, 7) is 18.2. The normalized spacial score (nSPS) is 9.31. The first-order chi connectivity index (χ1) is 13.2. The largest absolute Gasteiger partial charge is 3.00 e. The molecule has 0 rings (SSSR count). The molecular weight excluding hydrogens is 388 g/mol. The zero-order valence-corrected chi connectivity index (χ0v) is 22.5. The second-order valence-corrected chi connectivity index (χ2v) is 7.86. The van der Waals surface area contributed by atoms with E-state index in [4.69, 9.17) is 0 Å². The molecule has 0 saturated carbocycles. The van der Waals surface area contributed by atoms with Gasteiger partial charge in [-0.25, -0.2) is 0 Å². The van der Waals surface area contributed by atoms with Crippen LogP contribution < -0.4 is 0 Å². The van der Waals surface area contributed by atoms with Crippen molar-refractivity contribution in [1.82, 2.24) is 0 Å². The molecule has 0 heterocycles. The van der Waals surface area contributed by atoms with Gasteiger partial charge in [-0.05, 0) is 0 Å². The molecule has 0 unspecified atom stereocenters. The van der Waals surface area contributed by atoms with Gasteiger partial charge in [0.1, 0.15) is 0 Å². The van der Waals surface area contributed by atoms with Crippen LogP contribution in [-0.2, 0) is 21.7 Å². The van der Waals surface area contributed by atoms with E-state index < -0.39 is 0 Å². The fourth-order valence-electron chi connectivity index (χ4n) is 2.87. The third-order valence-electron chi connectivity index (χ3n) is 4.81. The van der Waals surface area contributed by atoms with E-state index in [0.717, 1.165) is 19.3 Å². The SMILES string of the molecule is O.[CH2-]CCCCCCCC.[CH2-]CCCCCCCC.[CH2-]CCCCCCCC.[Ti+3]. The Morgan fingerprint density at radius 1 is 0.345 bits per heavy atom. The van der Waals surface area contributed by atoms with Crippen molar-refractivity contribution in [2.45, 2.75) is 156 Å². The van der Waals surface area contributed by atoms with Crippen LogP contribution in [0.15, 0.2) is 0 Å². The molecule has 0 bridgehead atoms. The van der Waals surface area contributed by atoms with Gasteiger partial charge < -0.3 is 26.2 Å². The van der Waals surface area contributed by atoms with Crippen molar-refractivity contribution in [3.63, 3.8) is 0 Å². The van der Waals surface area contributed by atoms with Crippen molar-refractivity contribution in [1.29, 1.82) is 0 Å². The van der Waals surface area contributed by atoms with Crippen LogP contribution in [0.1, 0.15) is 156 Å². The molecule has 0 atom stereocenters. The molecule has 1 nitrogen and oxygen atoms in total. The first-order valence-electron chi connectivity index (χ1n) is 12.6. The van der Waals surface area contributed by atoms with Gasteiger partial charge in [-0.2, -0.15) is 19.3 Å². The van der Waals surface area contributed by atoms with Gasteiger partial charge in [0.25, 0.3) is 0 Å². The quantitative estimate of drug-likeness (QED) is 0.114. The Bertz CT molecular complexity index is 146. The van der Waals surface area contributed by atoms with Crippen molar-refractivity contribution in [3.8, 4) is 0 Å². The summed E-state index contributed by atoms with van der Waals surface area (Å²) in [6.07, 6.45) is 28.3. The molecule has 0 aliphatic carbocycles. The summed E-state index contributed by atoms with van der Waals surface area (Å²) in [5, 5.41) is 0. The van der Waals surface area contributed by atoms with Gasteiger partial charge in [0.2, 0.25) is 0 Å². The van der Waals surface area contributed by atoms with Crippen molar-refractivity contribution < 1.29 is 27.2 Å². The van der Waals surface area contributed by atoms with Crippen LogP contribution in [0.5, 0.6) is 0 Å². The summed E-state index contributed by atoms with van der Waals surface area (Å²) in [5.74, 6) is 0. The topological polar surface area (TPSA) is 31.5 Å². The molecule has 0 aromatic rings. The minimum absolute atomic E-state index is 0. The van der Waals surface area contributed by atoms with Crippen molar-refractivity contribution >= 4 is 0 Å². The maximum Gasteiger partial charge on any atom is 3.00 e. The fourth-order valence-corrected chi connectivity index (χ4v) is 2.87. The average Bonchev–Trinajstić information content (AvgIpc) is 2.69. The third kappa shape index (κ3) is 58.5. The predicted molar refractivity (Wildman–Crippen MR) is 134 cm³/mol. The van der Waals surface area contributed by atoms with Gasteiger partial charge >= 0.3 is 21.7 Å². The summed E-state index contributed by atoms with van der Waals surface area (Å²) < 4.78 is 0. The number of unbranched alkanes of at least 4 members (excludes halogenated alkanes) is 18. The number of hydrogen-bond acceptors (Lipinski definition) is 0. The summed E-state index contributed by atoms with van der Waals surface area (Å²) >= 11 is 0. The fraction of sp³-hybridized carbons (Fsp3) is 0.889. The minimum Gasteiger partial charge on any atom is -0.412 e. The van der Waals surface area contributed by atoms with Crippen LogP contribution in [0.4, 0.5) is 0 Å². The Hall–Kier alpha value is 0.674. The van der Waals surface area contributed by atoms with Crippen LogP contribution in [0.2, 0.25) is 0 Å². The van der Waals surface area contributed by atoms with Gasteiger partial charge in [-0.3, -0.25) is 0 Å². The van der Waals surface area contributed by atoms with Gasteiger partial charge in [0.05, 0.1) is 0 Å². The van der Waals surface area contributed by atoms with Crippen molar-refractivity contribution in [2.75, 3.05) is 0 Å². The summed E-state index contributed by atoms with van der Waals surface area (Å²) in [4.78, 5) is 0. The van der Waals surface area contributed by atoms with Crippen LogP contribution in [-0.4, -0.2) is 5.48 Å². The Kier molecular flexibility index (Phi) is 64.6. The zero-order chi connectivity index (χ0) is 20.8. The molecule has 0 saturated heterocycles.